The molecular formula is C14H15NO3. The van der Waals surface area contributed by atoms with E-state index in [1.54, 1.807) is 19.1 Å². The highest BCUT2D eigenvalue weighted by molar-refractivity contribution is 5.85. The van der Waals surface area contributed by atoms with Gasteiger partial charge < -0.3 is 4.74 Å². The van der Waals surface area contributed by atoms with Crippen molar-refractivity contribution < 1.29 is 14.3 Å². The van der Waals surface area contributed by atoms with E-state index in [0.717, 1.165) is 5.56 Å². The van der Waals surface area contributed by atoms with Crippen LogP contribution in [-0.4, -0.2) is 18.9 Å². The van der Waals surface area contributed by atoms with Crippen LogP contribution in [0.4, 0.5) is 0 Å². The highest BCUT2D eigenvalue weighted by Crippen LogP contribution is 2.19. The number of hydrogen-bond donors (Lipinski definition) is 0. The van der Waals surface area contributed by atoms with Crippen LogP contribution in [-0.2, 0) is 22.4 Å². The van der Waals surface area contributed by atoms with Crippen LogP contribution in [0.5, 0.6) is 0 Å². The van der Waals surface area contributed by atoms with Gasteiger partial charge in [-0.05, 0) is 24.5 Å². The number of nitrogens with zero attached hydrogens (tertiary/aromatic N) is 1. The van der Waals surface area contributed by atoms with Crippen LogP contribution in [0, 0.1) is 11.3 Å². The third-order valence-electron chi connectivity index (χ3n) is 2.67. The van der Waals surface area contributed by atoms with E-state index in [4.69, 9.17) is 10.00 Å². The Labute approximate surface area is 106 Å². The third-order valence-corrected chi connectivity index (χ3v) is 2.67. The lowest BCUT2D eigenvalue weighted by molar-refractivity contribution is -0.142. The van der Waals surface area contributed by atoms with Gasteiger partial charge in [0.15, 0.2) is 6.29 Å². The molecule has 1 rings (SSSR count). The molecule has 0 bridgehead atoms. The second-order valence-corrected chi connectivity index (χ2v) is 3.74. The summed E-state index contributed by atoms with van der Waals surface area (Å²) in [5.74, 6) is -0.395. The van der Waals surface area contributed by atoms with Gasteiger partial charge in [0.2, 0.25) is 0 Å². The van der Waals surface area contributed by atoms with Crippen LogP contribution in [0.25, 0.3) is 0 Å². The van der Waals surface area contributed by atoms with Gasteiger partial charge in [0.05, 0.1) is 18.6 Å². The summed E-state index contributed by atoms with van der Waals surface area (Å²) in [5.41, 5.74) is 2.00. The number of hydrogen-bond acceptors (Lipinski definition) is 4. The Hall–Kier alpha value is -2.15. The molecule has 18 heavy (non-hydrogen) atoms. The van der Waals surface area contributed by atoms with Crippen LogP contribution >= 0.6 is 0 Å². The van der Waals surface area contributed by atoms with Crippen molar-refractivity contribution in [2.24, 2.45) is 0 Å². The van der Waals surface area contributed by atoms with E-state index in [2.05, 4.69) is 0 Å². The molecule has 0 unspecified atom stereocenters. The zero-order chi connectivity index (χ0) is 13.5. The zero-order valence-electron chi connectivity index (χ0n) is 10.5. The monoisotopic (exact) mass is 245 g/mol. The molecule has 4 heteroatoms. The number of carbonyl (C=O) groups excluding carboxylic acids is 2. The molecule has 0 N–H and O–H groups in total. The molecule has 4 nitrogen and oxygen atoms in total. The smallest absolute Gasteiger partial charge is 0.310 e. The Morgan fingerprint density at radius 2 is 2.06 bits per heavy atom. The van der Waals surface area contributed by atoms with Gasteiger partial charge in [-0.2, -0.15) is 5.26 Å². The SMILES string of the molecule is CCOC(=O)Cc1ccc(CC)c(C#N)c1C=O. The Morgan fingerprint density at radius 1 is 1.39 bits per heavy atom. The highest BCUT2D eigenvalue weighted by atomic mass is 16.5. The van der Waals surface area contributed by atoms with Gasteiger partial charge in [-0.25, -0.2) is 0 Å². The van der Waals surface area contributed by atoms with Crippen molar-refractivity contribution in [3.8, 4) is 6.07 Å². The minimum Gasteiger partial charge on any atom is -0.466 e. The molecular weight excluding hydrogens is 230 g/mol. The van der Waals surface area contributed by atoms with Crippen molar-refractivity contribution in [3.63, 3.8) is 0 Å². The van der Waals surface area contributed by atoms with Crippen LogP contribution in [0.3, 0.4) is 0 Å². The van der Waals surface area contributed by atoms with Crippen molar-refractivity contribution in [2.75, 3.05) is 6.61 Å². The number of nitriles is 1. The van der Waals surface area contributed by atoms with E-state index in [0.29, 0.717) is 36.0 Å². The van der Waals surface area contributed by atoms with Crippen molar-refractivity contribution in [3.05, 3.63) is 34.4 Å². The average Bonchev–Trinajstić information content (AvgIpc) is 2.38. The number of rotatable bonds is 5. The number of carbonyl (C=O) groups is 2. The third kappa shape index (κ3) is 2.95. The second kappa shape index (κ2) is 6.55. The fourth-order valence-corrected chi connectivity index (χ4v) is 1.79. The molecule has 0 atom stereocenters. The highest BCUT2D eigenvalue weighted by Gasteiger charge is 2.14. The van der Waals surface area contributed by atoms with Gasteiger partial charge in [-0.1, -0.05) is 19.1 Å². The van der Waals surface area contributed by atoms with Gasteiger partial charge in [0, 0.05) is 5.56 Å². The standard InChI is InChI=1S/C14H15NO3/c1-3-10-5-6-11(7-14(17)18-4-2)13(9-16)12(10)8-15/h5-6,9H,3-4,7H2,1-2H3. The predicted octanol–water partition coefficient (Wildman–Crippen LogP) is 2.04. The van der Waals surface area contributed by atoms with Gasteiger partial charge in [0.25, 0.3) is 0 Å². The first kappa shape index (κ1) is 13.9. The molecule has 0 aliphatic rings. The van der Waals surface area contributed by atoms with E-state index in [9.17, 15) is 9.59 Å². The molecule has 0 aliphatic heterocycles. The zero-order valence-corrected chi connectivity index (χ0v) is 10.5. The first-order valence-electron chi connectivity index (χ1n) is 5.83. The van der Waals surface area contributed by atoms with Gasteiger partial charge in [-0.15, -0.1) is 0 Å². The fourth-order valence-electron chi connectivity index (χ4n) is 1.79. The molecule has 1 aromatic rings. The molecule has 0 aliphatic carbocycles. The maximum Gasteiger partial charge on any atom is 0.310 e. The number of esters is 1. The molecule has 0 spiro atoms. The lowest BCUT2D eigenvalue weighted by atomic mass is 9.94. The quantitative estimate of drug-likeness (QED) is 0.588. The Bertz CT molecular complexity index is 500. The lowest BCUT2D eigenvalue weighted by Crippen LogP contribution is -2.10. The summed E-state index contributed by atoms with van der Waals surface area (Å²) in [7, 11) is 0. The van der Waals surface area contributed by atoms with E-state index in [1.807, 2.05) is 13.0 Å². The number of ether oxygens (including phenoxy) is 1. The van der Waals surface area contributed by atoms with Gasteiger partial charge >= 0.3 is 5.97 Å². The summed E-state index contributed by atoms with van der Waals surface area (Å²) in [6.45, 7) is 3.93. The first-order chi connectivity index (χ1) is 8.67. The summed E-state index contributed by atoms with van der Waals surface area (Å²) in [5, 5.41) is 9.10. The maximum atomic E-state index is 11.4. The first-order valence-corrected chi connectivity index (χ1v) is 5.83. The Morgan fingerprint density at radius 3 is 2.56 bits per heavy atom. The molecule has 0 saturated heterocycles. The van der Waals surface area contributed by atoms with Gasteiger partial charge in [-0.3, -0.25) is 9.59 Å². The largest absolute Gasteiger partial charge is 0.466 e. The summed E-state index contributed by atoms with van der Waals surface area (Å²) in [4.78, 5) is 22.5. The average molecular weight is 245 g/mol. The van der Waals surface area contributed by atoms with Gasteiger partial charge in [0.1, 0.15) is 6.07 Å². The molecule has 0 aromatic heterocycles. The fraction of sp³-hybridized carbons (Fsp3) is 0.357. The number of aldehydes is 1. The topological polar surface area (TPSA) is 67.2 Å². The Balaban J connectivity index is 3.18. The van der Waals surface area contributed by atoms with E-state index >= 15 is 0 Å². The van der Waals surface area contributed by atoms with E-state index in [1.165, 1.54) is 0 Å². The normalized spacial score (nSPS) is 9.61. The lowest BCUT2D eigenvalue weighted by Gasteiger charge is -2.09. The van der Waals surface area contributed by atoms with Crippen LogP contribution in [0.15, 0.2) is 12.1 Å². The Kier molecular flexibility index (Phi) is 5.06. The van der Waals surface area contributed by atoms with Crippen molar-refractivity contribution >= 4 is 12.3 Å². The molecule has 0 saturated carbocycles. The maximum absolute atomic E-state index is 11.4. The van der Waals surface area contributed by atoms with Crippen LogP contribution in [0.2, 0.25) is 0 Å². The molecule has 0 fully saturated rings. The second-order valence-electron chi connectivity index (χ2n) is 3.74. The molecule has 0 radical (unpaired) electrons. The summed E-state index contributed by atoms with van der Waals surface area (Å²) in [6.07, 6.45) is 1.32. The molecule has 1 aromatic carbocycles. The predicted molar refractivity (Wildman–Crippen MR) is 66.3 cm³/mol. The van der Waals surface area contributed by atoms with E-state index in [-0.39, 0.29) is 6.42 Å². The van der Waals surface area contributed by atoms with Crippen molar-refractivity contribution in [1.29, 1.82) is 5.26 Å². The van der Waals surface area contributed by atoms with Crippen molar-refractivity contribution in [1.82, 2.24) is 0 Å². The number of benzene rings is 1. The molecule has 0 amide bonds. The summed E-state index contributed by atoms with van der Waals surface area (Å²) >= 11 is 0. The van der Waals surface area contributed by atoms with Crippen LogP contribution < -0.4 is 0 Å². The van der Waals surface area contributed by atoms with E-state index < -0.39 is 5.97 Å². The minimum atomic E-state index is -0.395. The van der Waals surface area contributed by atoms with Crippen molar-refractivity contribution in [2.45, 2.75) is 26.7 Å². The summed E-state index contributed by atoms with van der Waals surface area (Å²) < 4.78 is 4.84. The summed E-state index contributed by atoms with van der Waals surface area (Å²) in [6, 6.07) is 5.51. The molecule has 94 valence electrons. The minimum absolute atomic E-state index is 0.0145. The number of aryl methyl sites for hydroxylation is 1. The van der Waals surface area contributed by atoms with Crippen LogP contribution in [0.1, 0.15) is 40.9 Å². The molecule has 0 heterocycles.